The van der Waals surface area contributed by atoms with Crippen molar-refractivity contribution in [2.45, 2.75) is 31.6 Å². The molecule has 6 heteroatoms. The third-order valence-electron chi connectivity index (χ3n) is 3.80. The molecule has 0 unspecified atom stereocenters. The van der Waals surface area contributed by atoms with Gasteiger partial charge in [0.25, 0.3) is 0 Å². The standard InChI is InChI=1S/C14H22NO4S/c1-12-4-6-14(7-5-12)20(16,17)19-15(18-3)10-8-13(2)9-11-15/h4-7,13H,8-11H2,1-3H3/q+1. The van der Waals surface area contributed by atoms with E-state index in [1.54, 1.807) is 24.3 Å². The Labute approximate surface area is 120 Å². The lowest BCUT2D eigenvalue weighted by Gasteiger charge is -2.34. The number of benzene rings is 1. The summed E-state index contributed by atoms with van der Waals surface area (Å²) in [6.07, 6.45) is 1.77. The molecule has 1 fully saturated rings. The minimum absolute atomic E-state index is 0.163. The number of piperidine rings is 1. The quantitative estimate of drug-likeness (QED) is 0.801. The van der Waals surface area contributed by atoms with E-state index in [1.165, 1.54) is 7.11 Å². The number of aryl methyl sites for hydroxylation is 1. The molecule has 0 bridgehead atoms. The van der Waals surface area contributed by atoms with Gasteiger partial charge in [-0.15, -0.1) is 0 Å². The van der Waals surface area contributed by atoms with Gasteiger partial charge in [0.15, 0.2) is 0 Å². The molecule has 5 nitrogen and oxygen atoms in total. The van der Waals surface area contributed by atoms with Crippen LogP contribution in [0.15, 0.2) is 29.2 Å². The van der Waals surface area contributed by atoms with Crippen LogP contribution < -0.4 is 0 Å². The molecule has 0 radical (unpaired) electrons. The van der Waals surface area contributed by atoms with Gasteiger partial charge in [0.05, 0.1) is 12.0 Å². The first-order valence-corrected chi connectivity index (χ1v) is 8.23. The lowest BCUT2D eigenvalue weighted by molar-refractivity contribution is -1.23. The van der Waals surface area contributed by atoms with Gasteiger partial charge in [0.2, 0.25) is 0 Å². The highest BCUT2D eigenvalue weighted by atomic mass is 32.2. The first kappa shape index (κ1) is 15.4. The highest BCUT2D eigenvalue weighted by Gasteiger charge is 2.41. The summed E-state index contributed by atoms with van der Waals surface area (Å²) in [6, 6.07) is 6.63. The molecule has 1 aliphatic rings. The summed E-state index contributed by atoms with van der Waals surface area (Å²) in [5, 5.41) is 0. The molecular weight excluding hydrogens is 278 g/mol. The molecule has 0 N–H and O–H groups in total. The Hall–Kier alpha value is -0.950. The van der Waals surface area contributed by atoms with Gasteiger partial charge in [-0.05, 0) is 34.1 Å². The van der Waals surface area contributed by atoms with Crippen LogP contribution in [0.4, 0.5) is 0 Å². The van der Waals surface area contributed by atoms with Gasteiger partial charge in [0, 0.05) is 12.8 Å². The topological polar surface area (TPSA) is 52.6 Å². The highest BCUT2D eigenvalue weighted by molar-refractivity contribution is 7.86. The number of hydrogen-bond acceptors (Lipinski definition) is 4. The minimum atomic E-state index is -3.82. The molecule has 1 aromatic carbocycles. The van der Waals surface area contributed by atoms with Crippen molar-refractivity contribution in [2.24, 2.45) is 5.92 Å². The minimum Gasteiger partial charge on any atom is -0.189 e. The summed E-state index contributed by atoms with van der Waals surface area (Å²) in [5.74, 6) is 0.571. The van der Waals surface area contributed by atoms with Gasteiger partial charge in [-0.25, -0.2) is 0 Å². The van der Waals surface area contributed by atoms with Crippen molar-refractivity contribution < 1.29 is 22.3 Å². The van der Waals surface area contributed by atoms with E-state index in [9.17, 15) is 8.42 Å². The summed E-state index contributed by atoms with van der Waals surface area (Å²) in [5.41, 5.74) is 1.01. The van der Waals surface area contributed by atoms with E-state index in [4.69, 9.17) is 9.12 Å². The van der Waals surface area contributed by atoms with E-state index >= 15 is 0 Å². The van der Waals surface area contributed by atoms with E-state index in [0.717, 1.165) is 18.4 Å². The Morgan fingerprint density at radius 3 is 2.20 bits per heavy atom. The van der Waals surface area contributed by atoms with Gasteiger partial charge >= 0.3 is 10.1 Å². The molecule has 112 valence electrons. The van der Waals surface area contributed by atoms with Crippen LogP contribution in [0, 0.1) is 12.8 Å². The van der Waals surface area contributed by atoms with Gasteiger partial charge in [-0.3, -0.25) is 0 Å². The molecule has 2 rings (SSSR count). The maximum Gasteiger partial charge on any atom is 0.346 e. The molecule has 1 saturated heterocycles. The number of nitrogens with zero attached hydrogens (tertiary/aromatic N) is 1. The van der Waals surface area contributed by atoms with E-state index in [2.05, 4.69) is 6.92 Å². The second kappa shape index (κ2) is 5.81. The van der Waals surface area contributed by atoms with Gasteiger partial charge < -0.3 is 0 Å². The van der Waals surface area contributed by atoms with Gasteiger partial charge in [-0.2, -0.15) is 13.3 Å². The summed E-state index contributed by atoms with van der Waals surface area (Å²) in [4.78, 5) is 5.23. The fourth-order valence-electron chi connectivity index (χ4n) is 2.30. The third kappa shape index (κ3) is 3.38. The smallest absolute Gasteiger partial charge is 0.189 e. The largest absolute Gasteiger partial charge is 0.346 e. The maximum absolute atomic E-state index is 12.3. The SMILES string of the molecule is CO[N+]1(OS(=O)(=O)c2ccc(C)cc2)CCC(C)CC1. The van der Waals surface area contributed by atoms with Crippen molar-refractivity contribution >= 4 is 10.1 Å². The fourth-order valence-corrected chi connectivity index (χ4v) is 3.43. The Morgan fingerprint density at radius 2 is 1.70 bits per heavy atom. The molecule has 1 heterocycles. The molecule has 0 aliphatic carbocycles. The zero-order valence-electron chi connectivity index (χ0n) is 12.2. The monoisotopic (exact) mass is 300 g/mol. The van der Waals surface area contributed by atoms with Gasteiger partial charge in [-0.1, -0.05) is 24.6 Å². The molecular formula is C14H22NO4S+. The summed E-state index contributed by atoms with van der Waals surface area (Å²) >= 11 is 0. The molecule has 20 heavy (non-hydrogen) atoms. The average Bonchev–Trinajstić information content (AvgIpc) is 2.42. The van der Waals surface area contributed by atoms with Crippen LogP contribution in [0.2, 0.25) is 0 Å². The molecule has 0 amide bonds. The van der Waals surface area contributed by atoms with E-state index < -0.39 is 10.1 Å². The van der Waals surface area contributed by atoms with E-state index in [0.29, 0.717) is 19.0 Å². The van der Waals surface area contributed by atoms with Crippen molar-refractivity contribution in [1.29, 1.82) is 0 Å². The second-order valence-corrected chi connectivity index (χ2v) is 7.00. The number of quaternary nitrogens is 1. The second-order valence-electron chi connectivity index (χ2n) is 5.47. The number of hydrogen-bond donors (Lipinski definition) is 0. The molecule has 0 saturated carbocycles. The van der Waals surface area contributed by atoms with Crippen LogP contribution in [-0.4, -0.2) is 33.4 Å². The highest BCUT2D eigenvalue weighted by Crippen LogP contribution is 2.27. The number of hydroxylamine groups is 4. The van der Waals surface area contributed by atoms with Crippen LogP contribution in [0.3, 0.4) is 0 Å². The summed E-state index contributed by atoms with van der Waals surface area (Å²) < 4.78 is 30.1. The Kier molecular flexibility index (Phi) is 4.49. The van der Waals surface area contributed by atoms with Crippen molar-refractivity contribution in [2.75, 3.05) is 20.2 Å². The maximum atomic E-state index is 12.3. The molecule has 1 aliphatic heterocycles. The zero-order valence-corrected chi connectivity index (χ0v) is 13.0. The average molecular weight is 300 g/mol. The molecule has 0 atom stereocenters. The van der Waals surface area contributed by atoms with Crippen molar-refractivity contribution in [3.8, 4) is 0 Å². The predicted molar refractivity (Wildman–Crippen MR) is 74.9 cm³/mol. The molecule has 1 aromatic rings. The van der Waals surface area contributed by atoms with Crippen LogP contribution in [-0.2, 0) is 19.2 Å². The van der Waals surface area contributed by atoms with Gasteiger partial charge in [0.1, 0.15) is 13.1 Å². The van der Waals surface area contributed by atoms with Crippen LogP contribution >= 0.6 is 0 Å². The van der Waals surface area contributed by atoms with Crippen LogP contribution in [0.5, 0.6) is 0 Å². The summed E-state index contributed by atoms with van der Waals surface area (Å²) in [6.45, 7) is 5.15. The lowest BCUT2D eigenvalue weighted by Crippen LogP contribution is -2.52. The summed E-state index contributed by atoms with van der Waals surface area (Å²) in [7, 11) is -2.33. The molecule has 0 aromatic heterocycles. The van der Waals surface area contributed by atoms with Crippen molar-refractivity contribution in [3.05, 3.63) is 29.8 Å². The normalized spacial score (nSPS) is 27.4. The first-order valence-electron chi connectivity index (χ1n) is 6.83. The Morgan fingerprint density at radius 1 is 1.15 bits per heavy atom. The Balaban J connectivity index is 2.20. The third-order valence-corrected chi connectivity index (χ3v) is 5.12. The first-order chi connectivity index (χ1) is 9.37. The van der Waals surface area contributed by atoms with Crippen molar-refractivity contribution in [1.82, 2.24) is 0 Å². The van der Waals surface area contributed by atoms with E-state index in [-0.39, 0.29) is 9.71 Å². The predicted octanol–water partition coefficient (Wildman–Crippen LogP) is 2.42. The lowest BCUT2D eigenvalue weighted by atomic mass is 10.0. The van der Waals surface area contributed by atoms with E-state index in [1.807, 2.05) is 6.92 Å². The molecule has 0 spiro atoms. The Bertz CT molecular complexity index is 545. The van der Waals surface area contributed by atoms with Crippen LogP contribution in [0.1, 0.15) is 25.3 Å². The zero-order chi connectivity index (χ0) is 14.8. The van der Waals surface area contributed by atoms with Crippen molar-refractivity contribution in [3.63, 3.8) is 0 Å². The van der Waals surface area contributed by atoms with Crippen LogP contribution in [0.25, 0.3) is 0 Å². The number of rotatable bonds is 4. The fraction of sp³-hybridized carbons (Fsp3) is 0.571.